The summed E-state index contributed by atoms with van der Waals surface area (Å²) in [5.41, 5.74) is -0.710. The number of hydrogen-bond donors (Lipinski definition) is 3. The average Bonchev–Trinajstić information content (AvgIpc) is 2.95. The van der Waals surface area contributed by atoms with Gasteiger partial charge in [-0.15, -0.1) is 34.2 Å². The van der Waals surface area contributed by atoms with Crippen LogP contribution >= 0.6 is 24.0 Å². The van der Waals surface area contributed by atoms with E-state index in [1.807, 2.05) is 25.5 Å². The Morgan fingerprint density at radius 3 is 2.39 bits per heavy atom. The van der Waals surface area contributed by atoms with Crippen LogP contribution in [-0.2, 0) is 18.3 Å². The Kier molecular flexibility index (Phi) is 14.5. The summed E-state index contributed by atoms with van der Waals surface area (Å²) < 4.78 is 7.31. The molecule has 9 heteroatoms. The minimum absolute atomic E-state index is 0. The maximum Gasteiger partial charge on any atom is 0.191 e. The molecule has 0 saturated carbocycles. The number of aromatic nitrogens is 3. The maximum absolute atomic E-state index is 10.8. The number of guanidine groups is 1. The Morgan fingerprint density at radius 2 is 1.86 bits per heavy atom. The van der Waals surface area contributed by atoms with Gasteiger partial charge in [0.1, 0.15) is 12.4 Å². The molecule has 1 aromatic heterocycles. The van der Waals surface area contributed by atoms with Crippen LogP contribution in [0.4, 0.5) is 0 Å². The molecule has 0 unspecified atom stereocenters. The van der Waals surface area contributed by atoms with E-state index in [1.54, 1.807) is 0 Å². The van der Waals surface area contributed by atoms with Crippen molar-refractivity contribution in [2.24, 2.45) is 12.0 Å². The monoisotopic (exact) mass is 510 g/mol. The van der Waals surface area contributed by atoms with Gasteiger partial charge in [0.05, 0.1) is 5.60 Å². The van der Waals surface area contributed by atoms with Crippen molar-refractivity contribution in [2.45, 2.75) is 71.9 Å². The normalized spacial score (nSPS) is 12.0. The highest BCUT2D eigenvalue weighted by Crippen LogP contribution is 2.18. The van der Waals surface area contributed by atoms with Gasteiger partial charge in [-0.2, -0.15) is 0 Å². The second-order valence-electron chi connectivity index (χ2n) is 6.94. The van der Waals surface area contributed by atoms with Crippen molar-refractivity contribution >= 4 is 29.9 Å². The van der Waals surface area contributed by atoms with Gasteiger partial charge in [-0.1, -0.05) is 26.7 Å². The molecule has 1 rings (SSSR count). The lowest BCUT2D eigenvalue weighted by atomic mass is 9.93. The summed E-state index contributed by atoms with van der Waals surface area (Å²) in [6, 6.07) is 0. The smallest absolute Gasteiger partial charge is 0.191 e. The van der Waals surface area contributed by atoms with Crippen LogP contribution in [0.5, 0.6) is 0 Å². The van der Waals surface area contributed by atoms with Crippen molar-refractivity contribution in [3.8, 4) is 0 Å². The molecule has 0 atom stereocenters. The first-order valence-corrected chi connectivity index (χ1v) is 10.1. The van der Waals surface area contributed by atoms with E-state index in [0.29, 0.717) is 19.0 Å². The molecule has 8 nitrogen and oxygen atoms in total. The van der Waals surface area contributed by atoms with Crippen molar-refractivity contribution in [3.05, 3.63) is 11.6 Å². The van der Waals surface area contributed by atoms with E-state index in [-0.39, 0.29) is 24.0 Å². The van der Waals surface area contributed by atoms with Crippen LogP contribution in [0.15, 0.2) is 4.99 Å². The summed E-state index contributed by atoms with van der Waals surface area (Å²) in [4.78, 5) is 4.63. The summed E-state index contributed by atoms with van der Waals surface area (Å²) >= 11 is 0. The number of aliphatic hydroxyl groups is 1. The predicted octanol–water partition coefficient (Wildman–Crippen LogP) is 2.53. The quantitative estimate of drug-likeness (QED) is 0.163. The molecule has 0 aromatic carbocycles. The molecular weight excluding hydrogens is 471 g/mol. The Hall–Kier alpha value is -0.940. The molecule has 28 heavy (non-hydrogen) atoms. The zero-order valence-corrected chi connectivity index (χ0v) is 20.5. The summed E-state index contributed by atoms with van der Waals surface area (Å²) in [5.74, 6) is 2.35. The third-order valence-corrected chi connectivity index (χ3v) is 4.54. The van der Waals surface area contributed by atoms with E-state index in [1.165, 1.54) is 0 Å². The molecule has 3 N–H and O–H groups in total. The van der Waals surface area contributed by atoms with Gasteiger partial charge in [0, 0.05) is 33.4 Å². The Labute approximate surface area is 187 Å². The number of ether oxygens (including phenoxy) is 1. The number of hydrogen-bond acceptors (Lipinski definition) is 5. The van der Waals surface area contributed by atoms with E-state index < -0.39 is 5.60 Å². The summed E-state index contributed by atoms with van der Waals surface area (Å²) in [6.45, 7) is 11.2. The third kappa shape index (κ3) is 10.0. The van der Waals surface area contributed by atoms with E-state index in [4.69, 9.17) is 4.74 Å². The number of aliphatic imine (C=N–C) groups is 1. The Balaban J connectivity index is 0.00000729. The lowest BCUT2D eigenvalue weighted by molar-refractivity contribution is 0.0257. The highest BCUT2D eigenvalue weighted by molar-refractivity contribution is 14.0. The number of halogens is 1. The van der Waals surface area contributed by atoms with E-state index in [2.05, 4.69) is 39.7 Å². The SMILES string of the molecule is CCCC(O)(CCC)CNC(=NCc1nnc(C)n1C)NCCCOCC.I. The fraction of sp³-hybridized carbons (Fsp3) is 0.842. The molecule has 0 radical (unpaired) electrons. The molecule has 0 aliphatic carbocycles. The average molecular weight is 510 g/mol. The molecule has 1 aromatic rings. The number of rotatable bonds is 13. The van der Waals surface area contributed by atoms with Crippen LogP contribution in [0, 0.1) is 6.92 Å². The van der Waals surface area contributed by atoms with E-state index in [9.17, 15) is 5.11 Å². The molecule has 0 bridgehead atoms. The molecule has 0 amide bonds. The zero-order valence-electron chi connectivity index (χ0n) is 18.1. The fourth-order valence-electron chi connectivity index (χ4n) is 2.92. The van der Waals surface area contributed by atoms with Crippen molar-refractivity contribution < 1.29 is 9.84 Å². The second kappa shape index (κ2) is 15.0. The largest absolute Gasteiger partial charge is 0.388 e. The predicted molar refractivity (Wildman–Crippen MR) is 124 cm³/mol. The van der Waals surface area contributed by atoms with E-state index in [0.717, 1.165) is 63.5 Å². The van der Waals surface area contributed by atoms with Gasteiger partial charge in [0.15, 0.2) is 11.8 Å². The third-order valence-electron chi connectivity index (χ3n) is 4.54. The standard InChI is InChI=1S/C19H38N6O2.HI/c1-6-10-19(26,11-7-2)15-22-18(20-12-9-13-27-8-3)21-14-17-24-23-16(4)25(17)5;/h26H,6-15H2,1-5H3,(H2,20,21,22);1H. The lowest BCUT2D eigenvalue weighted by Crippen LogP contribution is -2.47. The fourth-order valence-corrected chi connectivity index (χ4v) is 2.92. The molecule has 0 spiro atoms. The van der Waals surface area contributed by atoms with Crippen LogP contribution in [-0.4, -0.2) is 57.7 Å². The lowest BCUT2D eigenvalue weighted by Gasteiger charge is -2.28. The summed E-state index contributed by atoms with van der Waals surface area (Å²) in [7, 11) is 1.93. The van der Waals surface area contributed by atoms with Crippen molar-refractivity contribution in [1.29, 1.82) is 0 Å². The van der Waals surface area contributed by atoms with Crippen LogP contribution in [0.2, 0.25) is 0 Å². The minimum Gasteiger partial charge on any atom is -0.388 e. The first-order valence-electron chi connectivity index (χ1n) is 10.1. The number of nitrogens with one attached hydrogen (secondary N) is 2. The van der Waals surface area contributed by atoms with Crippen LogP contribution in [0.3, 0.4) is 0 Å². The Morgan fingerprint density at radius 1 is 1.18 bits per heavy atom. The minimum atomic E-state index is -0.710. The number of aryl methyl sites for hydroxylation is 1. The van der Waals surface area contributed by atoms with Gasteiger partial charge in [-0.25, -0.2) is 4.99 Å². The molecule has 0 fully saturated rings. The van der Waals surface area contributed by atoms with Crippen molar-refractivity contribution in [1.82, 2.24) is 25.4 Å². The van der Waals surface area contributed by atoms with Gasteiger partial charge in [-0.3, -0.25) is 0 Å². The van der Waals surface area contributed by atoms with Gasteiger partial charge in [0.25, 0.3) is 0 Å². The maximum atomic E-state index is 10.8. The first kappa shape index (κ1) is 27.1. The summed E-state index contributed by atoms with van der Waals surface area (Å²) in [6.07, 6.45) is 4.34. The van der Waals surface area contributed by atoms with Gasteiger partial charge in [0.2, 0.25) is 0 Å². The molecule has 0 aliphatic rings. The van der Waals surface area contributed by atoms with Crippen LogP contribution in [0.25, 0.3) is 0 Å². The zero-order chi connectivity index (χ0) is 20.1. The molecule has 164 valence electrons. The van der Waals surface area contributed by atoms with Crippen molar-refractivity contribution in [3.63, 3.8) is 0 Å². The van der Waals surface area contributed by atoms with E-state index >= 15 is 0 Å². The Bertz CT molecular complexity index is 559. The molecular formula is C19H39IN6O2. The van der Waals surface area contributed by atoms with Gasteiger partial charge >= 0.3 is 0 Å². The summed E-state index contributed by atoms with van der Waals surface area (Å²) in [5, 5.41) is 25.7. The second-order valence-corrected chi connectivity index (χ2v) is 6.94. The van der Waals surface area contributed by atoms with Gasteiger partial charge in [-0.05, 0) is 33.1 Å². The van der Waals surface area contributed by atoms with Crippen LogP contribution < -0.4 is 10.6 Å². The topological polar surface area (TPSA) is 96.6 Å². The molecule has 1 heterocycles. The molecule has 0 saturated heterocycles. The highest BCUT2D eigenvalue weighted by atomic mass is 127. The van der Waals surface area contributed by atoms with Crippen molar-refractivity contribution in [2.75, 3.05) is 26.3 Å². The van der Waals surface area contributed by atoms with Crippen LogP contribution in [0.1, 0.15) is 64.5 Å². The highest BCUT2D eigenvalue weighted by Gasteiger charge is 2.25. The number of nitrogens with zero attached hydrogens (tertiary/aromatic N) is 4. The first-order chi connectivity index (χ1) is 13.0. The molecule has 0 aliphatic heterocycles. The van der Waals surface area contributed by atoms with Gasteiger partial charge < -0.3 is 25.0 Å².